The van der Waals surface area contributed by atoms with Crippen molar-refractivity contribution in [2.45, 2.75) is 26.4 Å². The van der Waals surface area contributed by atoms with Gasteiger partial charge >= 0.3 is 0 Å². The van der Waals surface area contributed by atoms with Gasteiger partial charge in [-0.1, -0.05) is 6.92 Å². The second-order valence-corrected chi connectivity index (χ2v) is 7.38. The molecule has 3 aromatic rings. The molecular formula is C21H27N5O2. The molecule has 1 aliphatic heterocycles. The highest BCUT2D eigenvalue weighted by atomic mass is 16.5. The van der Waals surface area contributed by atoms with E-state index >= 15 is 0 Å². The average molecular weight is 381 g/mol. The number of nitrogens with one attached hydrogen (secondary N) is 1. The summed E-state index contributed by atoms with van der Waals surface area (Å²) in [6, 6.07) is 6.07. The minimum absolute atomic E-state index is 0.507. The van der Waals surface area contributed by atoms with E-state index < -0.39 is 0 Å². The molecule has 1 atom stereocenters. The largest absolute Gasteiger partial charge is 0.490 e. The van der Waals surface area contributed by atoms with Crippen molar-refractivity contribution in [1.29, 1.82) is 0 Å². The van der Waals surface area contributed by atoms with E-state index in [-0.39, 0.29) is 0 Å². The minimum Gasteiger partial charge on any atom is -0.490 e. The highest BCUT2D eigenvalue weighted by Gasteiger charge is 2.15. The highest BCUT2D eigenvalue weighted by molar-refractivity contribution is 5.66. The highest BCUT2D eigenvalue weighted by Crippen LogP contribution is 2.34. The molecule has 0 saturated carbocycles. The smallest absolute Gasteiger partial charge is 0.161 e. The molecule has 1 aromatic carbocycles. The van der Waals surface area contributed by atoms with Crippen molar-refractivity contribution in [3.63, 3.8) is 0 Å². The predicted molar refractivity (Wildman–Crippen MR) is 107 cm³/mol. The van der Waals surface area contributed by atoms with Gasteiger partial charge in [0, 0.05) is 56.3 Å². The fraction of sp³-hybridized carbons (Fsp3) is 0.429. The third kappa shape index (κ3) is 4.36. The van der Waals surface area contributed by atoms with Crippen LogP contribution >= 0.6 is 0 Å². The van der Waals surface area contributed by atoms with E-state index in [2.05, 4.69) is 39.2 Å². The van der Waals surface area contributed by atoms with Gasteiger partial charge in [0.15, 0.2) is 11.5 Å². The molecule has 1 N–H and O–H groups in total. The Morgan fingerprint density at radius 1 is 1.21 bits per heavy atom. The van der Waals surface area contributed by atoms with Crippen molar-refractivity contribution in [2.24, 2.45) is 13.0 Å². The first-order valence-electron chi connectivity index (χ1n) is 9.78. The van der Waals surface area contributed by atoms with Crippen LogP contribution in [0.2, 0.25) is 0 Å². The number of hydrogen-bond donors (Lipinski definition) is 1. The quantitative estimate of drug-likeness (QED) is 0.682. The fourth-order valence-corrected chi connectivity index (χ4v) is 3.49. The molecule has 0 spiro atoms. The van der Waals surface area contributed by atoms with Gasteiger partial charge in [0.05, 0.1) is 25.2 Å². The van der Waals surface area contributed by atoms with E-state index in [4.69, 9.17) is 9.47 Å². The van der Waals surface area contributed by atoms with Gasteiger partial charge in [-0.2, -0.15) is 5.10 Å². The van der Waals surface area contributed by atoms with Crippen molar-refractivity contribution < 1.29 is 9.47 Å². The summed E-state index contributed by atoms with van der Waals surface area (Å²) in [5.74, 6) is 2.12. The molecule has 0 fully saturated rings. The van der Waals surface area contributed by atoms with Crippen LogP contribution in [0, 0.1) is 5.92 Å². The van der Waals surface area contributed by atoms with Crippen LogP contribution in [0.3, 0.4) is 0 Å². The second-order valence-electron chi connectivity index (χ2n) is 7.38. The molecule has 0 bridgehead atoms. The van der Waals surface area contributed by atoms with Gasteiger partial charge in [-0.05, 0) is 30.7 Å². The van der Waals surface area contributed by atoms with Gasteiger partial charge in [0.25, 0.3) is 0 Å². The number of benzene rings is 1. The summed E-state index contributed by atoms with van der Waals surface area (Å²) in [6.07, 6.45) is 8.66. The van der Waals surface area contributed by atoms with E-state index in [0.29, 0.717) is 19.1 Å². The van der Waals surface area contributed by atoms with Crippen molar-refractivity contribution in [1.82, 2.24) is 24.6 Å². The first-order valence-corrected chi connectivity index (χ1v) is 9.78. The lowest BCUT2D eigenvalue weighted by atomic mass is 10.1. The topological polar surface area (TPSA) is 66.1 Å². The maximum Gasteiger partial charge on any atom is 0.161 e. The van der Waals surface area contributed by atoms with Crippen LogP contribution in [-0.4, -0.2) is 39.1 Å². The molecule has 7 heteroatoms. The number of fused-ring (bicyclic) bond motifs is 1. The van der Waals surface area contributed by atoms with Crippen LogP contribution in [0.4, 0.5) is 0 Å². The van der Waals surface area contributed by atoms with Crippen LogP contribution in [0.25, 0.3) is 11.3 Å². The third-order valence-electron chi connectivity index (χ3n) is 4.82. The van der Waals surface area contributed by atoms with E-state index in [0.717, 1.165) is 48.8 Å². The molecule has 3 heterocycles. The van der Waals surface area contributed by atoms with Gasteiger partial charge in [-0.3, -0.25) is 4.68 Å². The Morgan fingerprint density at radius 3 is 2.89 bits per heavy atom. The fourth-order valence-electron chi connectivity index (χ4n) is 3.49. The molecule has 1 aliphatic rings. The maximum atomic E-state index is 5.84. The summed E-state index contributed by atoms with van der Waals surface area (Å²) >= 11 is 0. The monoisotopic (exact) mass is 381 g/mol. The number of rotatable bonds is 7. The Morgan fingerprint density at radius 2 is 2.07 bits per heavy atom. The molecule has 0 saturated heterocycles. The lowest BCUT2D eigenvalue weighted by Crippen LogP contribution is -2.23. The minimum atomic E-state index is 0.507. The number of aryl methyl sites for hydroxylation is 1. The normalized spacial score (nSPS) is 14.6. The molecule has 0 radical (unpaired) electrons. The molecule has 148 valence electrons. The SMILES string of the molecule is CC(CNCc1cn(C)nc1-c1ccc2c(c1)OCCCO2)Cn1ccnc1. The first-order chi connectivity index (χ1) is 13.7. The van der Waals surface area contributed by atoms with Crippen LogP contribution in [0.1, 0.15) is 18.9 Å². The molecule has 0 amide bonds. The number of hydrogen-bond acceptors (Lipinski definition) is 5. The lowest BCUT2D eigenvalue weighted by Gasteiger charge is -2.13. The number of aromatic nitrogens is 4. The van der Waals surface area contributed by atoms with Crippen molar-refractivity contribution in [3.05, 3.63) is 48.7 Å². The average Bonchev–Trinajstić information content (AvgIpc) is 3.25. The molecular weight excluding hydrogens is 354 g/mol. The molecule has 1 unspecified atom stereocenters. The van der Waals surface area contributed by atoms with Crippen molar-refractivity contribution in [2.75, 3.05) is 19.8 Å². The Bertz CT molecular complexity index is 904. The van der Waals surface area contributed by atoms with Gasteiger partial charge in [-0.15, -0.1) is 0 Å². The van der Waals surface area contributed by atoms with Gasteiger partial charge in [-0.25, -0.2) is 4.98 Å². The number of nitrogens with zero attached hydrogens (tertiary/aromatic N) is 4. The molecule has 4 rings (SSSR count). The van der Waals surface area contributed by atoms with Gasteiger partial charge < -0.3 is 19.4 Å². The van der Waals surface area contributed by atoms with Crippen LogP contribution in [-0.2, 0) is 20.1 Å². The summed E-state index contributed by atoms with van der Waals surface area (Å²) in [7, 11) is 1.96. The van der Waals surface area contributed by atoms with E-state index in [1.807, 2.05) is 42.6 Å². The Labute approximate surface area is 165 Å². The molecule has 28 heavy (non-hydrogen) atoms. The van der Waals surface area contributed by atoms with Gasteiger partial charge in [0.2, 0.25) is 0 Å². The zero-order chi connectivity index (χ0) is 19.3. The lowest BCUT2D eigenvalue weighted by molar-refractivity contribution is 0.297. The Kier molecular flexibility index (Phi) is 5.62. The van der Waals surface area contributed by atoms with Crippen molar-refractivity contribution >= 4 is 0 Å². The van der Waals surface area contributed by atoms with Crippen LogP contribution < -0.4 is 14.8 Å². The molecule has 0 aliphatic carbocycles. The first kappa shape index (κ1) is 18.6. The van der Waals surface area contributed by atoms with Crippen LogP contribution in [0.5, 0.6) is 11.5 Å². The predicted octanol–water partition coefficient (Wildman–Crippen LogP) is 2.87. The Hall–Kier alpha value is -2.80. The standard InChI is InChI=1S/C21H27N5O2/c1-16(13-26-7-6-22-15-26)11-23-12-18-14-25(2)24-21(18)17-4-5-19-20(10-17)28-9-3-8-27-19/h4-7,10,14-16,23H,3,8-9,11-13H2,1-2H3. The summed E-state index contributed by atoms with van der Waals surface area (Å²) in [5.41, 5.74) is 3.20. The zero-order valence-electron chi connectivity index (χ0n) is 16.5. The summed E-state index contributed by atoms with van der Waals surface area (Å²) in [6.45, 7) is 6.26. The van der Waals surface area contributed by atoms with Crippen LogP contribution in [0.15, 0.2) is 43.1 Å². The number of ether oxygens (including phenoxy) is 2. The van der Waals surface area contributed by atoms with Crippen molar-refractivity contribution in [3.8, 4) is 22.8 Å². The van der Waals surface area contributed by atoms with E-state index in [9.17, 15) is 0 Å². The van der Waals surface area contributed by atoms with E-state index in [1.54, 1.807) is 0 Å². The molecule has 7 nitrogen and oxygen atoms in total. The maximum absolute atomic E-state index is 5.84. The summed E-state index contributed by atoms with van der Waals surface area (Å²) in [5, 5.41) is 8.25. The number of imidazole rings is 1. The van der Waals surface area contributed by atoms with Gasteiger partial charge in [0.1, 0.15) is 0 Å². The summed E-state index contributed by atoms with van der Waals surface area (Å²) < 4.78 is 15.6. The summed E-state index contributed by atoms with van der Waals surface area (Å²) in [4.78, 5) is 4.10. The third-order valence-corrected chi connectivity index (χ3v) is 4.82. The Balaban J connectivity index is 1.43. The molecule has 2 aromatic heterocycles. The second kappa shape index (κ2) is 8.48. The zero-order valence-corrected chi connectivity index (χ0v) is 16.5. The van der Waals surface area contributed by atoms with E-state index in [1.165, 1.54) is 5.56 Å².